The van der Waals surface area contributed by atoms with Gasteiger partial charge >= 0.3 is 12.2 Å². The molecule has 2 aromatic heterocycles. The highest BCUT2D eigenvalue weighted by molar-refractivity contribution is 6.00. The van der Waals surface area contributed by atoms with Gasteiger partial charge < -0.3 is 15.4 Å². The van der Waals surface area contributed by atoms with Gasteiger partial charge in [-0.15, -0.1) is 0 Å². The quantitative estimate of drug-likeness (QED) is 0.600. The molecule has 0 bridgehead atoms. The molecule has 1 saturated carbocycles. The van der Waals surface area contributed by atoms with Crippen molar-refractivity contribution in [3.05, 3.63) is 47.8 Å². The molecule has 0 atom stereocenters. The molecule has 4 rings (SSSR count). The minimum absolute atomic E-state index is 0.0278. The Hall–Kier alpha value is -3.30. The number of benzene rings is 1. The second-order valence-electron chi connectivity index (χ2n) is 7.58. The van der Waals surface area contributed by atoms with Crippen LogP contribution in [0.4, 0.5) is 23.7 Å². The maximum atomic E-state index is 13.1. The van der Waals surface area contributed by atoms with E-state index in [0.717, 1.165) is 36.2 Å². The van der Waals surface area contributed by atoms with Gasteiger partial charge in [0, 0.05) is 24.5 Å². The average molecular weight is 433 g/mol. The van der Waals surface area contributed by atoms with E-state index < -0.39 is 17.9 Å². The van der Waals surface area contributed by atoms with Crippen LogP contribution in [0.25, 0.3) is 10.9 Å². The van der Waals surface area contributed by atoms with Gasteiger partial charge in [0.25, 0.3) is 0 Å². The van der Waals surface area contributed by atoms with Crippen molar-refractivity contribution in [3.63, 3.8) is 0 Å². The summed E-state index contributed by atoms with van der Waals surface area (Å²) >= 11 is 0. The molecule has 164 valence electrons. The third-order valence-electron chi connectivity index (χ3n) is 5.39. The van der Waals surface area contributed by atoms with Gasteiger partial charge in [0.1, 0.15) is 5.69 Å². The number of hydrogen-bond acceptors (Lipinski definition) is 4. The van der Waals surface area contributed by atoms with E-state index in [-0.39, 0.29) is 12.4 Å². The van der Waals surface area contributed by atoms with Crippen molar-refractivity contribution in [3.8, 4) is 5.88 Å². The van der Waals surface area contributed by atoms with Crippen LogP contribution in [0.15, 0.2) is 36.5 Å². The van der Waals surface area contributed by atoms with Crippen molar-refractivity contribution in [1.82, 2.24) is 20.1 Å². The average Bonchev–Trinajstić information content (AvgIpc) is 3.07. The molecule has 1 aliphatic carbocycles. The van der Waals surface area contributed by atoms with Crippen molar-refractivity contribution in [2.75, 3.05) is 11.9 Å². The number of aromatic nitrogens is 3. The molecular weight excluding hydrogens is 411 g/mol. The number of alkyl halides is 3. The highest BCUT2D eigenvalue weighted by Crippen LogP contribution is 2.32. The summed E-state index contributed by atoms with van der Waals surface area (Å²) in [7, 11) is 1.80. The Morgan fingerprint density at radius 3 is 2.77 bits per heavy atom. The molecule has 0 unspecified atom stereocenters. The van der Waals surface area contributed by atoms with Gasteiger partial charge in [-0.1, -0.05) is 12.5 Å². The molecule has 1 aromatic carbocycles. The molecule has 0 spiro atoms. The Bertz CT molecular complexity index is 1090. The summed E-state index contributed by atoms with van der Waals surface area (Å²) in [5, 5.41) is 10.4. The summed E-state index contributed by atoms with van der Waals surface area (Å²) in [6.45, 7) is 0.288. The Labute approximate surface area is 176 Å². The Balaban J connectivity index is 1.45. The highest BCUT2D eigenvalue weighted by Gasteiger charge is 2.33. The number of pyridine rings is 1. The molecule has 7 nitrogen and oxygen atoms in total. The number of fused-ring (bicyclic) bond motifs is 1. The molecule has 0 aliphatic heterocycles. The van der Waals surface area contributed by atoms with Crippen LogP contribution in [-0.2, 0) is 19.8 Å². The Kier molecular flexibility index (Phi) is 5.71. The normalized spacial score (nSPS) is 14.3. The van der Waals surface area contributed by atoms with Crippen molar-refractivity contribution < 1.29 is 22.7 Å². The topological polar surface area (TPSA) is 81.1 Å². The van der Waals surface area contributed by atoms with E-state index in [0.29, 0.717) is 23.8 Å². The number of amides is 2. The first-order valence-electron chi connectivity index (χ1n) is 9.97. The minimum atomic E-state index is -4.57. The van der Waals surface area contributed by atoms with Crippen LogP contribution in [0.5, 0.6) is 5.88 Å². The number of ether oxygens (including phenoxy) is 1. The molecule has 3 aromatic rings. The summed E-state index contributed by atoms with van der Waals surface area (Å²) in [5.41, 5.74) is 0.793. The summed E-state index contributed by atoms with van der Waals surface area (Å²) < 4.78 is 46.5. The van der Waals surface area contributed by atoms with Crippen molar-refractivity contribution in [1.29, 1.82) is 0 Å². The molecule has 1 aliphatic rings. The lowest BCUT2D eigenvalue weighted by Gasteiger charge is -2.25. The third-order valence-corrected chi connectivity index (χ3v) is 5.39. The van der Waals surface area contributed by atoms with Crippen molar-refractivity contribution in [2.24, 2.45) is 13.0 Å². The fourth-order valence-electron chi connectivity index (χ4n) is 3.37. The van der Waals surface area contributed by atoms with E-state index in [1.165, 1.54) is 6.07 Å². The van der Waals surface area contributed by atoms with Crippen molar-refractivity contribution >= 4 is 22.6 Å². The minimum Gasteiger partial charge on any atom is -0.477 e. The van der Waals surface area contributed by atoms with Gasteiger partial charge in [-0.25, -0.2) is 9.78 Å². The zero-order valence-corrected chi connectivity index (χ0v) is 16.9. The van der Waals surface area contributed by atoms with E-state index in [9.17, 15) is 18.0 Å². The monoisotopic (exact) mass is 433 g/mol. The first-order chi connectivity index (χ1) is 14.8. The second kappa shape index (κ2) is 8.44. The van der Waals surface area contributed by atoms with Crippen LogP contribution < -0.4 is 15.4 Å². The van der Waals surface area contributed by atoms with E-state index in [4.69, 9.17) is 4.74 Å². The lowest BCUT2D eigenvalue weighted by Crippen LogP contribution is -2.29. The van der Waals surface area contributed by atoms with Gasteiger partial charge in [0.15, 0.2) is 0 Å². The molecule has 31 heavy (non-hydrogen) atoms. The van der Waals surface area contributed by atoms with E-state index in [2.05, 4.69) is 20.7 Å². The zero-order chi connectivity index (χ0) is 22.0. The zero-order valence-electron chi connectivity index (χ0n) is 16.9. The van der Waals surface area contributed by atoms with Gasteiger partial charge in [-0.2, -0.15) is 18.3 Å². The molecule has 2 amide bonds. The Morgan fingerprint density at radius 2 is 2.06 bits per heavy atom. The molecule has 0 saturated heterocycles. The largest absolute Gasteiger partial charge is 0.477 e. The fraction of sp³-hybridized carbons (Fsp3) is 0.381. The standard InChI is InChI=1S/C21H22F3N5O2/c1-29-17-7-3-6-16(15(17)11-26-29)27-20(30)25-10-14-8-9-18(21(22,23)24)28-19(14)31-12-13-4-2-5-13/h3,6-9,11,13H,2,4-5,10,12H2,1H3,(H2,25,27,30). The number of anilines is 1. The SMILES string of the molecule is Cn1ncc2c(NC(=O)NCc3ccc(C(F)(F)F)nc3OCC3CCC3)cccc21. The number of urea groups is 1. The second-order valence-corrected chi connectivity index (χ2v) is 7.58. The van der Waals surface area contributed by atoms with Gasteiger partial charge in [0.2, 0.25) is 5.88 Å². The molecule has 10 heteroatoms. The first-order valence-corrected chi connectivity index (χ1v) is 9.97. The maximum Gasteiger partial charge on any atom is 0.433 e. The third kappa shape index (κ3) is 4.73. The van der Waals surface area contributed by atoms with Crippen molar-refractivity contribution in [2.45, 2.75) is 32.0 Å². The number of hydrogen-bond donors (Lipinski definition) is 2. The summed E-state index contributed by atoms with van der Waals surface area (Å²) in [4.78, 5) is 16.1. The number of carbonyl (C=O) groups excluding carboxylic acids is 1. The number of halogens is 3. The Morgan fingerprint density at radius 1 is 1.26 bits per heavy atom. The first kappa shape index (κ1) is 21.0. The summed E-state index contributed by atoms with van der Waals surface area (Å²) in [6, 6.07) is 7.10. The lowest BCUT2D eigenvalue weighted by atomic mass is 9.86. The molecule has 0 radical (unpaired) electrons. The summed E-state index contributed by atoms with van der Waals surface area (Å²) in [5.74, 6) is 0.233. The predicted molar refractivity (Wildman–Crippen MR) is 109 cm³/mol. The predicted octanol–water partition coefficient (Wildman–Crippen LogP) is 4.49. The molecule has 2 N–H and O–H groups in total. The van der Waals surface area contributed by atoms with Crippen LogP contribution in [0.3, 0.4) is 0 Å². The van der Waals surface area contributed by atoms with E-state index >= 15 is 0 Å². The smallest absolute Gasteiger partial charge is 0.433 e. The highest BCUT2D eigenvalue weighted by atomic mass is 19.4. The number of nitrogens with one attached hydrogen (secondary N) is 2. The number of carbonyl (C=O) groups is 1. The van der Waals surface area contributed by atoms with Crippen LogP contribution in [0.1, 0.15) is 30.5 Å². The van der Waals surface area contributed by atoms with Crippen LogP contribution in [0, 0.1) is 5.92 Å². The number of rotatable bonds is 6. The fourth-order valence-corrected chi connectivity index (χ4v) is 3.37. The van der Waals surface area contributed by atoms with Crippen LogP contribution >= 0.6 is 0 Å². The van der Waals surface area contributed by atoms with Gasteiger partial charge in [-0.3, -0.25) is 4.68 Å². The molecular formula is C21H22F3N5O2. The summed E-state index contributed by atoms with van der Waals surface area (Å²) in [6.07, 6.45) is 0.170. The van der Waals surface area contributed by atoms with Crippen LogP contribution in [-0.4, -0.2) is 27.4 Å². The molecule has 1 fully saturated rings. The molecule has 2 heterocycles. The number of aryl methyl sites for hydroxylation is 1. The van der Waals surface area contributed by atoms with E-state index in [1.54, 1.807) is 30.1 Å². The number of nitrogens with zero attached hydrogens (tertiary/aromatic N) is 3. The van der Waals surface area contributed by atoms with E-state index in [1.807, 2.05) is 6.07 Å². The lowest BCUT2D eigenvalue weighted by molar-refractivity contribution is -0.141. The van der Waals surface area contributed by atoms with Crippen LogP contribution in [0.2, 0.25) is 0 Å². The van der Waals surface area contributed by atoms with Gasteiger partial charge in [0.05, 0.1) is 24.0 Å². The maximum absolute atomic E-state index is 13.1. The van der Waals surface area contributed by atoms with Gasteiger partial charge in [-0.05, 0) is 43.0 Å².